The van der Waals surface area contributed by atoms with Gasteiger partial charge in [-0.05, 0) is 0 Å². The summed E-state index contributed by atoms with van der Waals surface area (Å²) in [6.45, 7) is 0.0636. The van der Waals surface area contributed by atoms with Gasteiger partial charge in [-0.25, -0.2) is 0 Å². The van der Waals surface area contributed by atoms with Gasteiger partial charge in [0.05, 0.1) is 13.2 Å². The molecule has 152 valence electrons. The van der Waals surface area contributed by atoms with E-state index in [2.05, 4.69) is 5.32 Å². The molecule has 2 aliphatic rings. The highest BCUT2D eigenvalue weighted by molar-refractivity contribution is 5.73. The second-order valence-electron chi connectivity index (χ2n) is 6.30. The van der Waals surface area contributed by atoms with Crippen LogP contribution in [0.5, 0.6) is 0 Å². The molecule has 12 heteroatoms. The minimum Gasteiger partial charge on any atom is -0.394 e. The predicted molar refractivity (Wildman–Crippen MR) is 80.2 cm³/mol. The standard InChI is InChI=1S/C14H25NO11/c1-4(17)15-7-10(20)9(19)6(25-13(7)23)3-24-14-12(22)11(21)8(18)5(2-16)26-14/h5-14,16,18-23H,2-3H2,1H3,(H,15,17)/t5-,6-,7-,8-,9-,10-,11+,12-,13?,14-/m1/s1. The molecule has 0 spiro atoms. The largest absolute Gasteiger partial charge is 0.394 e. The molecular weight excluding hydrogens is 358 g/mol. The highest BCUT2D eigenvalue weighted by atomic mass is 16.7. The summed E-state index contributed by atoms with van der Waals surface area (Å²) in [5.74, 6) is -0.542. The summed E-state index contributed by atoms with van der Waals surface area (Å²) in [5, 5.41) is 70.6. The lowest BCUT2D eigenvalue weighted by molar-refractivity contribution is -0.318. The van der Waals surface area contributed by atoms with Crippen LogP contribution < -0.4 is 5.32 Å². The Balaban J connectivity index is 1.95. The summed E-state index contributed by atoms with van der Waals surface area (Å²) in [6.07, 6.45) is -13.4. The Kier molecular flexibility index (Phi) is 7.27. The molecule has 1 amide bonds. The molecule has 0 aromatic heterocycles. The molecule has 0 saturated carbocycles. The first-order chi connectivity index (χ1) is 12.2. The average Bonchev–Trinajstić information content (AvgIpc) is 2.59. The number of rotatable bonds is 5. The second-order valence-corrected chi connectivity index (χ2v) is 6.30. The first-order valence-electron chi connectivity index (χ1n) is 8.06. The highest BCUT2D eigenvalue weighted by Gasteiger charge is 2.47. The van der Waals surface area contributed by atoms with Crippen molar-refractivity contribution in [2.24, 2.45) is 0 Å². The first-order valence-corrected chi connectivity index (χ1v) is 8.06. The van der Waals surface area contributed by atoms with Crippen LogP contribution in [0.15, 0.2) is 0 Å². The molecule has 0 aromatic rings. The number of carbonyl (C=O) groups excluding carboxylic acids is 1. The fourth-order valence-corrected chi connectivity index (χ4v) is 2.87. The third kappa shape index (κ3) is 4.48. The van der Waals surface area contributed by atoms with Crippen LogP contribution in [0.1, 0.15) is 6.92 Å². The summed E-state index contributed by atoms with van der Waals surface area (Å²) in [6, 6.07) is -1.24. The van der Waals surface area contributed by atoms with E-state index in [1.54, 1.807) is 0 Å². The van der Waals surface area contributed by atoms with Gasteiger partial charge in [-0.1, -0.05) is 0 Å². The van der Waals surface area contributed by atoms with Gasteiger partial charge in [0.15, 0.2) is 12.6 Å². The minimum atomic E-state index is -1.64. The van der Waals surface area contributed by atoms with Gasteiger partial charge >= 0.3 is 0 Å². The molecule has 10 atom stereocenters. The van der Waals surface area contributed by atoms with Crippen molar-refractivity contribution in [1.29, 1.82) is 0 Å². The summed E-state index contributed by atoms with van der Waals surface area (Å²) in [5.41, 5.74) is 0. The average molecular weight is 383 g/mol. The summed E-state index contributed by atoms with van der Waals surface area (Å²) >= 11 is 0. The molecule has 8 N–H and O–H groups in total. The lowest BCUT2D eigenvalue weighted by atomic mass is 9.97. The van der Waals surface area contributed by atoms with Crippen LogP contribution >= 0.6 is 0 Å². The summed E-state index contributed by atoms with van der Waals surface area (Å²) in [7, 11) is 0. The third-order valence-corrected chi connectivity index (χ3v) is 4.36. The molecule has 0 bridgehead atoms. The maximum atomic E-state index is 11.1. The zero-order valence-corrected chi connectivity index (χ0v) is 14.0. The van der Waals surface area contributed by atoms with E-state index in [0.29, 0.717) is 0 Å². The van der Waals surface area contributed by atoms with Gasteiger partial charge in [0, 0.05) is 6.92 Å². The summed E-state index contributed by atoms with van der Waals surface area (Å²) in [4.78, 5) is 11.1. The van der Waals surface area contributed by atoms with Gasteiger partial charge in [0.1, 0.15) is 48.8 Å². The highest BCUT2D eigenvalue weighted by Crippen LogP contribution is 2.24. The van der Waals surface area contributed by atoms with E-state index < -0.39 is 80.5 Å². The van der Waals surface area contributed by atoms with Gasteiger partial charge in [-0.2, -0.15) is 0 Å². The Morgan fingerprint density at radius 2 is 1.54 bits per heavy atom. The van der Waals surface area contributed by atoms with E-state index >= 15 is 0 Å². The SMILES string of the molecule is CC(=O)N[C@H]1C(O)O[C@H](CO[C@@H]2O[C@H](CO)[C@@H](O)[C@H](O)[C@H]2O)[C@@H](O)[C@@H]1O. The number of aliphatic hydroxyl groups excluding tert-OH is 7. The van der Waals surface area contributed by atoms with Gasteiger partial charge in [0.2, 0.25) is 5.91 Å². The minimum absolute atomic E-state index is 0.467. The van der Waals surface area contributed by atoms with Crippen LogP contribution in [-0.4, -0.2) is 116 Å². The molecule has 0 aromatic carbocycles. The van der Waals surface area contributed by atoms with Crippen molar-refractivity contribution in [3.8, 4) is 0 Å². The number of carbonyl (C=O) groups is 1. The molecule has 0 aliphatic carbocycles. The maximum absolute atomic E-state index is 11.1. The zero-order valence-electron chi connectivity index (χ0n) is 14.0. The molecule has 2 rings (SSSR count). The van der Waals surface area contributed by atoms with Crippen LogP contribution in [0.25, 0.3) is 0 Å². The normalized spacial score (nSPS) is 46.8. The molecule has 12 nitrogen and oxygen atoms in total. The van der Waals surface area contributed by atoms with Crippen molar-refractivity contribution in [3.63, 3.8) is 0 Å². The van der Waals surface area contributed by atoms with Gasteiger partial charge in [-0.3, -0.25) is 4.79 Å². The number of aliphatic hydroxyl groups is 7. The van der Waals surface area contributed by atoms with Crippen LogP contribution in [-0.2, 0) is 19.0 Å². The number of hydrogen-bond acceptors (Lipinski definition) is 11. The number of hydrogen-bond donors (Lipinski definition) is 8. The Bertz CT molecular complexity index is 478. The maximum Gasteiger partial charge on any atom is 0.217 e. The van der Waals surface area contributed by atoms with Crippen LogP contribution in [0.4, 0.5) is 0 Å². The molecule has 2 fully saturated rings. The molecule has 0 radical (unpaired) electrons. The molecule has 26 heavy (non-hydrogen) atoms. The number of amides is 1. The fourth-order valence-electron chi connectivity index (χ4n) is 2.87. The molecule has 2 aliphatic heterocycles. The number of nitrogens with one attached hydrogen (secondary N) is 1. The van der Waals surface area contributed by atoms with E-state index in [-0.39, 0.29) is 0 Å². The molecule has 2 saturated heterocycles. The molecule has 1 unspecified atom stereocenters. The van der Waals surface area contributed by atoms with E-state index in [4.69, 9.17) is 19.3 Å². The molecular formula is C14H25NO11. The van der Waals surface area contributed by atoms with E-state index in [1.165, 1.54) is 6.92 Å². The smallest absolute Gasteiger partial charge is 0.217 e. The van der Waals surface area contributed by atoms with Gasteiger partial charge in [0.25, 0.3) is 0 Å². The van der Waals surface area contributed by atoms with E-state index in [1.807, 2.05) is 0 Å². The Morgan fingerprint density at radius 3 is 2.12 bits per heavy atom. The van der Waals surface area contributed by atoms with Crippen molar-refractivity contribution >= 4 is 5.91 Å². The Hall–Kier alpha value is -0.930. The van der Waals surface area contributed by atoms with Crippen molar-refractivity contribution in [1.82, 2.24) is 5.32 Å². The fraction of sp³-hybridized carbons (Fsp3) is 0.929. The summed E-state index contributed by atoms with van der Waals surface area (Å²) < 4.78 is 15.5. The lowest BCUT2D eigenvalue weighted by Gasteiger charge is -2.42. The topological polar surface area (TPSA) is 198 Å². The van der Waals surface area contributed by atoms with E-state index in [0.717, 1.165) is 0 Å². The van der Waals surface area contributed by atoms with Crippen molar-refractivity contribution in [2.45, 2.75) is 68.3 Å². The first kappa shape index (κ1) is 21.4. The van der Waals surface area contributed by atoms with Crippen molar-refractivity contribution in [3.05, 3.63) is 0 Å². The molecule has 2 heterocycles. The lowest BCUT2D eigenvalue weighted by Crippen LogP contribution is -2.64. The van der Waals surface area contributed by atoms with Crippen molar-refractivity contribution in [2.75, 3.05) is 13.2 Å². The van der Waals surface area contributed by atoms with E-state index in [9.17, 15) is 35.4 Å². The predicted octanol–water partition coefficient (Wildman–Crippen LogP) is -5.25. The quantitative estimate of drug-likeness (QED) is 0.226. The van der Waals surface area contributed by atoms with Crippen molar-refractivity contribution < 1.29 is 54.8 Å². The van der Waals surface area contributed by atoms with Gasteiger partial charge in [-0.15, -0.1) is 0 Å². The Morgan fingerprint density at radius 1 is 0.923 bits per heavy atom. The van der Waals surface area contributed by atoms with Crippen LogP contribution in [0, 0.1) is 0 Å². The third-order valence-electron chi connectivity index (χ3n) is 4.36. The zero-order chi connectivity index (χ0) is 19.6. The Labute approximate surface area is 148 Å². The van der Waals surface area contributed by atoms with Gasteiger partial charge < -0.3 is 55.3 Å². The monoisotopic (exact) mass is 383 g/mol. The second kappa shape index (κ2) is 8.84. The van der Waals surface area contributed by atoms with Crippen LogP contribution in [0.3, 0.4) is 0 Å². The number of ether oxygens (including phenoxy) is 3. The van der Waals surface area contributed by atoms with Crippen LogP contribution in [0.2, 0.25) is 0 Å².